The number of rotatable bonds is 8. The average molecular weight is 520 g/mol. The third-order valence-electron chi connectivity index (χ3n) is 7.96. The predicted octanol–water partition coefficient (Wildman–Crippen LogP) is -1.69. The smallest absolute Gasteiger partial charge is 0.250 e. The van der Waals surface area contributed by atoms with Gasteiger partial charge in [0, 0.05) is 12.5 Å². The first kappa shape index (κ1) is 29.6. The quantitative estimate of drug-likeness (QED) is 0.193. The van der Waals surface area contributed by atoms with Gasteiger partial charge in [-0.1, -0.05) is 20.8 Å². The van der Waals surface area contributed by atoms with Gasteiger partial charge in [0.1, 0.15) is 24.4 Å². The molecule has 0 radical (unpaired) electrons. The normalized spacial score (nSPS) is 46.8. The Morgan fingerprint density at radius 3 is 2.47 bits per heavy atom. The molecule has 2 heterocycles. The van der Waals surface area contributed by atoms with E-state index in [1.807, 2.05) is 13.8 Å². The molecule has 0 aromatic carbocycles. The first-order valence-electron chi connectivity index (χ1n) is 13.0. The van der Waals surface area contributed by atoms with Crippen molar-refractivity contribution >= 4 is 5.91 Å². The molecule has 3 rings (SSSR count). The second-order valence-corrected chi connectivity index (χ2v) is 10.9. The van der Waals surface area contributed by atoms with E-state index < -0.39 is 66.6 Å². The SMILES string of the molecule is CC[C@@H]1CCC(N)[C@@H](OC2C(O)C(O[C@H]3OCC(C)(O)[C@H](C)C3O)[C@H](NC(=O)[C@@H](O)CN)C[C@@H]2C)O1. The van der Waals surface area contributed by atoms with Crippen LogP contribution in [0.25, 0.3) is 0 Å². The van der Waals surface area contributed by atoms with Gasteiger partial charge in [0.2, 0.25) is 5.91 Å². The summed E-state index contributed by atoms with van der Waals surface area (Å²) in [5.41, 5.74) is 10.4. The highest BCUT2D eigenvalue weighted by Gasteiger charge is 2.51. The summed E-state index contributed by atoms with van der Waals surface area (Å²) in [6.07, 6.45) is -4.78. The number of hydrogen-bond donors (Lipinski definition) is 7. The van der Waals surface area contributed by atoms with Gasteiger partial charge in [-0.25, -0.2) is 0 Å². The van der Waals surface area contributed by atoms with E-state index in [-0.39, 0.29) is 31.2 Å². The molecule has 210 valence electrons. The van der Waals surface area contributed by atoms with Crippen molar-refractivity contribution in [3.05, 3.63) is 0 Å². The number of amides is 1. The number of nitrogens with one attached hydrogen (secondary N) is 1. The van der Waals surface area contributed by atoms with Gasteiger partial charge in [0.05, 0.1) is 36.5 Å². The van der Waals surface area contributed by atoms with E-state index >= 15 is 0 Å². The van der Waals surface area contributed by atoms with Gasteiger partial charge >= 0.3 is 0 Å². The fourth-order valence-corrected chi connectivity index (χ4v) is 5.17. The lowest BCUT2D eigenvalue weighted by Gasteiger charge is -2.49. The molecule has 0 bridgehead atoms. The predicted molar refractivity (Wildman–Crippen MR) is 128 cm³/mol. The van der Waals surface area contributed by atoms with Crippen LogP contribution in [0, 0.1) is 11.8 Å². The lowest BCUT2D eigenvalue weighted by molar-refractivity contribution is -0.316. The Balaban J connectivity index is 1.80. The number of hydrogen-bond acceptors (Lipinski definition) is 11. The minimum Gasteiger partial charge on any atom is -0.388 e. The molecule has 0 aromatic heterocycles. The van der Waals surface area contributed by atoms with Crippen LogP contribution in [0.4, 0.5) is 0 Å². The molecule has 6 unspecified atom stereocenters. The van der Waals surface area contributed by atoms with Gasteiger partial charge in [-0.2, -0.15) is 0 Å². The van der Waals surface area contributed by atoms with Gasteiger partial charge in [0.25, 0.3) is 0 Å². The number of aliphatic hydroxyl groups is 4. The summed E-state index contributed by atoms with van der Waals surface area (Å²) >= 11 is 0. The first-order chi connectivity index (χ1) is 16.9. The Labute approximate surface area is 212 Å². The van der Waals surface area contributed by atoms with Gasteiger partial charge in [-0.3, -0.25) is 4.79 Å². The van der Waals surface area contributed by atoms with Crippen molar-refractivity contribution in [1.82, 2.24) is 5.32 Å². The third kappa shape index (κ3) is 6.55. The Hall–Kier alpha value is -0.930. The van der Waals surface area contributed by atoms with Crippen LogP contribution in [0.15, 0.2) is 0 Å². The largest absolute Gasteiger partial charge is 0.388 e. The van der Waals surface area contributed by atoms with Gasteiger partial charge in [-0.05, 0) is 38.5 Å². The lowest BCUT2D eigenvalue weighted by Crippen LogP contribution is -2.65. The molecule has 1 aliphatic carbocycles. The third-order valence-corrected chi connectivity index (χ3v) is 7.96. The van der Waals surface area contributed by atoms with Crippen LogP contribution in [0.1, 0.15) is 53.4 Å². The highest BCUT2D eigenvalue weighted by Crippen LogP contribution is 2.36. The summed E-state index contributed by atoms with van der Waals surface area (Å²) in [5, 5.41) is 45.2. The molecule has 3 aliphatic rings. The van der Waals surface area contributed by atoms with Crippen molar-refractivity contribution in [2.75, 3.05) is 13.2 Å². The lowest BCUT2D eigenvalue weighted by atomic mass is 9.79. The number of carbonyl (C=O) groups excluding carboxylic acids is 1. The highest BCUT2D eigenvalue weighted by molar-refractivity contribution is 5.81. The van der Waals surface area contributed by atoms with E-state index in [0.717, 1.165) is 19.3 Å². The summed E-state index contributed by atoms with van der Waals surface area (Å²) < 4.78 is 23.9. The minimum atomic E-state index is -1.42. The van der Waals surface area contributed by atoms with E-state index in [1.54, 1.807) is 13.8 Å². The summed E-state index contributed by atoms with van der Waals surface area (Å²) in [6.45, 7) is 6.79. The number of nitrogens with two attached hydrogens (primary N) is 2. The van der Waals surface area contributed by atoms with E-state index in [0.29, 0.717) is 6.42 Å². The Morgan fingerprint density at radius 1 is 1.17 bits per heavy atom. The fourth-order valence-electron chi connectivity index (χ4n) is 5.17. The summed E-state index contributed by atoms with van der Waals surface area (Å²) in [7, 11) is 0. The van der Waals surface area contributed by atoms with E-state index in [4.69, 9.17) is 30.4 Å². The minimum absolute atomic E-state index is 0.0164. The van der Waals surface area contributed by atoms with Crippen molar-refractivity contribution < 1.29 is 44.2 Å². The van der Waals surface area contributed by atoms with Crippen LogP contribution in [-0.2, 0) is 23.7 Å². The molecule has 0 aromatic rings. The van der Waals surface area contributed by atoms with Crippen molar-refractivity contribution in [1.29, 1.82) is 0 Å². The second kappa shape index (κ2) is 12.3. The van der Waals surface area contributed by atoms with Crippen LogP contribution < -0.4 is 16.8 Å². The van der Waals surface area contributed by atoms with Gasteiger partial charge < -0.3 is 56.2 Å². The topological polar surface area (TPSA) is 199 Å². The van der Waals surface area contributed by atoms with E-state index in [1.165, 1.54) is 0 Å². The Kier molecular flexibility index (Phi) is 10.1. The monoisotopic (exact) mass is 519 g/mol. The molecule has 9 N–H and O–H groups in total. The van der Waals surface area contributed by atoms with Crippen molar-refractivity contribution in [2.45, 2.75) is 120 Å². The zero-order valence-corrected chi connectivity index (χ0v) is 21.7. The molecule has 12 nitrogen and oxygen atoms in total. The van der Waals surface area contributed by atoms with Crippen molar-refractivity contribution in [3.8, 4) is 0 Å². The molecule has 12 heteroatoms. The number of carbonyl (C=O) groups is 1. The van der Waals surface area contributed by atoms with Gasteiger partial charge in [-0.15, -0.1) is 0 Å². The van der Waals surface area contributed by atoms with Crippen LogP contribution in [0.2, 0.25) is 0 Å². The average Bonchev–Trinajstić information content (AvgIpc) is 2.84. The van der Waals surface area contributed by atoms with Gasteiger partial charge in [0.15, 0.2) is 12.6 Å². The molecule has 2 saturated heterocycles. The molecule has 1 saturated carbocycles. The summed E-state index contributed by atoms with van der Waals surface area (Å²) in [6, 6.07) is -1.09. The molecule has 13 atom stereocenters. The molecular formula is C24H45N3O9. The molecular weight excluding hydrogens is 474 g/mol. The van der Waals surface area contributed by atoms with Crippen molar-refractivity contribution in [2.24, 2.45) is 23.3 Å². The summed E-state index contributed by atoms with van der Waals surface area (Å²) in [5.74, 6) is -1.51. The molecule has 3 fully saturated rings. The maximum Gasteiger partial charge on any atom is 0.250 e. The molecule has 36 heavy (non-hydrogen) atoms. The van der Waals surface area contributed by atoms with Crippen LogP contribution in [0.5, 0.6) is 0 Å². The first-order valence-corrected chi connectivity index (χ1v) is 13.0. The molecule has 2 aliphatic heterocycles. The maximum atomic E-state index is 12.4. The molecule has 1 amide bonds. The van der Waals surface area contributed by atoms with Crippen molar-refractivity contribution in [3.63, 3.8) is 0 Å². The Morgan fingerprint density at radius 2 is 1.83 bits per heavy atom. The zero-order valence-electron chi connectivity index (χ0n) is 21.7. The molecule has 0 spiro atoms. The van der Waals surface area contributed by atoms with E-state index in [9.17, 15) is 25.2 Å². The van der Waals surface area contributed by atoms with Crippen LogP contribution in [-0.4, -0.2) is 106 Å². The summed E-state index contributed by atoms with van der Waals surface area (Å²) in [4.78, 5) is 12.4. The number of ether oxygens (including phenoxy) is 4. The van der Waals surface area contributed by atoms with Crippen LogP contribution >= 0.6 is 0 Å². The van der Waals surface area contributed by atoms with E-state index in [2.05, 4.69) is 5.32 Å². The highest BCUT2D eigenvalue weighted by atomic mass is 16.7. The maximum absolute atomic E-state index is 12.4. The number of aliphatic hydroxyl groups excluding tert-OH is 3. The standard InChI is InChI=1S/C24H45N3O9/c1-5-13-6-7-14(26)22(34-13)35-19-11(2)8-15(27-21(31)16(28)9-25)20(18(19)30)36-23-17(29)12(3)24(4,32)10-33-23/h11-20,22-23,28-30,32H,5-10,25-26H2,1-4H3,(H,27,31)/t11-,12+,13+,14?,15+,16-,17?,18?,19?,20?,22+,23+,24?/m0/s1. The van der Waals surface area contributed by atoms with Crippen LogP contribution in [0.3, 0.4) is 0 Å². The fraction of sp³-hybridized carbons (Fsp3) is 0.958. The zero-order chi connectivity index (χ0) is 26.8. The Bertz CT molecular complexity index is 729. The second-order valence-electron chi connectivity index (χ2n) is 10.9.